The number of fused-ring (bicyclic) bond motifs is 1. The Bertz CT molecular complexity index is 832. The third-order valence-electron chi connectivity index (χ3n) is 4.93. The monoisotopic (exact) mass is 448 g/mol. The fourth-order valence-corrected chi connectivity index (χ4v) is 3.54. The van der Waals surface area contributed by atoms with Crippen molar-refractivity contribution in [1.82, 2.24) is 10.2 Å². The number of allylic oxidation sites excluding steroid dienone is 1. The Morgan fingerprint density at radius 3 is 2.56 bits per heavy atom. The molecule has 0 fully saturated rings. The molecule has 2 aliphatic rings. The minimum Gasteiger partial charge on any atom is -0.491 e. The summed E-state index contributed by atoms with van der Waals surface area (Å²) in [5, 5.41) is 12.3. The van der Waals surface area contributed by atoms with Gasteiger partial charge in [0.1, 0.15) is 17.3 Å². The van der Waals surface area contributed by atoms with Crippen molar-refractivity contribution in [3.8, 4) is 0 Å². The van der Waals surface area contributed by atoms with E-state index < -0.39 is 23.6 Å². The second-order valence-corrected chi connectivity index (χ2v) is 9.57. The van der Waals surface area contributed by atoms with Crippen molar-refractivity contribution in [3.63, 3.8) is 0 Å². The van der Waals surface area contributed by atoms with Gasteiger partial charge in [-0.3, -0.25) is 9.59 Å². The van der Waals surface area contributed by atoms with Gasteiger partial charge in [0, 0.05) is 24.7 Å². The number of carbonyl (C=O) groups excluding carboxylic acids is 2. The summed E-state index contributed by atoms with van der Waals surface area (Å²) in [5.41, 5.74) is 1.45. The Balaban J connectivity index is 2.47. The predicted molar refractivity (Wildman–Crippen MR) is 121 cm³/mol. The van der Waals surface area contributed by atoms with Crippen LogP contribution >= 0.6 is 0 Å². The van der Waals surface area contributed by atoms with Gasteiger partial charge in [-0.2, -0.15) is 0 Å². The Morgan fingerprint density at radius 2 is 2.00 bits per heavy atom. The molecular formula is C24H36N2O6. The SMILES string of the molecule is CCCCOC1=C(CNC(=O)OC(C)(C)C)N(CC(C)C)C=C2CC(=O)C(C(=O)O)C=C21. The molecule has 1 heterocycles. The Morgan fingerprint density at radius 1 is 1.31 bits per heavy atom. The lowest BCUT2D eigenvalue weighted by molar-refractivity contribution is -0.144. The molecule has 1 aliphatic heterocycles. The van der Waals surface area contributed by atoms with Crippen LogP contribution in [0.4, 0.5) is 4.79 Å². The van der Waals surface area contributed by atoms with E-state index in [9.17, 15) is 19.5 Å². The molecule has 1 unspecified atom stereocenters. The second-order valence-electron chi connectivity index (χ2n) is 9.57. The molecule has 0 saturated carbocycles. The summed E-state index contributed by atoms with van der Waals surface area (Å²) in [6.07, 6.45) is 4.60. The fraction of sp³-hybridized carbons (Fsp3) is 0.625. The first kappa shape index (κ1) is 25.5. The van der Waals surface area contributed by atoms with Gasteiger partial charge in [0.2, 0.25) is 0 Å². The highest BCUT2D eigenvalue weighted by Gasteiger charge is 2.36. The van der Waals surface area contributed by atoms with Crippen molar-refractivity contribution in [2.75, 3.05) is 19.7 Å². The highest BCUT2D eigenvalue weighted by atomic mass is 16.6. The molecule has 2 N–H and O–H groups in total. The number of nitrogens with one attached hydrogen (secondary N) is 1. The van der Waals surface area contributed by atoms with E-state index in [1.54, 1.807) is 20.8 Å². The van der Waals surface area contributed by atoms with Crippen LogP contribution in [0.5, 0.6) is 0 Å². The van der Waals surface area contributed by atoms with Crippen LogP contribution in [0.2, 0.25) is 0 Å². The number of alkyl carbamates (subject to hydrolysis) is 1. The van der Waals surface area contributed by atoms with E-state index in [4.69, 9.17) is 9.47 Å². The van der Waals surface area contributed by atoms with Crippen molar-refractivity contribution < 1.29 is 29.0 Å². The van der Waals surface area contributed by atoms with Crippen LogP contribution in [0.1, 0.15) is 60.8 Å². The van der Waals surface area contributed by atoms with E-state index >= 15 is 0 Å². The van der Waals surface area contributed by atoms with Gasteiger partial charge in [0.15, 0.2) is 5.78 Å². The van der Waals surface area contributed by atoms with Gasteiger partial charge >= 0.3 is 12.1 Å². The normalized spacial score (nSPS) is 18.8. The highest BCUT2D eigenvalue weighted by molar-refractivity contribution is 6.03. The standard InChI is InChI=1S/C24H36N2O6/c1-7-8-9-31-21-17-11-18(22(28)29)20(27)10-16(17)14-26(13-15(2)3)19(21)12-25-23(30)32-24(4,5)6/h11,14-15,18H,7-10,12-13H2,1-6H3,(H,25,30)(H,28,29). The average molecular weight is 449 g/mol. The molecule has 8 nitrogen and oxygen atoms in total. The maximum absolute atomic E-state index is 12.4. The lowest BCUT2D eigenvalue weighted by Crippen LogP contribution is -2.39. The number of unbranched alkanes of at least 4 members (excludes halogenated alkanes) is 1. The molecule has 8 heteroatoms. The second kappa shape index (κ2) is 10.7. The van der Waals surface area contributed by atoms with E-state index in [0.717, 1.165) is 18.4 Å². The molecule has 0 spiro atoms. The molecule has 0 aromatic rings. The summed E-state index contributed by atoms with van der Waals surface area (Å²) < 4.78 is 11.5. The number of nitrogens with zero attached hydrogens (tertiary/aromatic N) is 1. The van der Waals surface area contributed by atoms with Crippen molar-refractivity contribution in [2.24, 2.45) is 11.8 Å². The predicted octanol–water partition coefficient (Wildman–Crippen LogP) is 3.99. The van der Waals surface area contributed by atoms with Gasteiger partial charge in [-0.15, -0.1) is 0 Å². The Hall–Kier alpha value is -2.77. The van der Waals surface area contributed by atoms with Crippen molar-refractivity contribution in [1.29, 1.82) is 0 Å². The molecule has 1 aliphatic carbocycles. The van der Waals surface area contributed by atoms with Crippen LogP contribution in [0.25, 0.3) is 0 Å². The van der Waals surface area contributed by atoms with Crippen LogP contribution in [0.15, 0.2) is 34.9 Å². The van der Waals surface area contributed by atoms with E-state index in [2.05, 4.69) is 26.1 Å². The number of hydrogen-bond donors (Lipinski definition) is 2. The zero-order valence-electron chi connectivity index (χ0n) is 20.0. The number of hydrogen-bond acceptors (Lipinski definition) is 6. The Kier molecular flexibility index (Phi) is 8.52. The highest BCUT2D eigenvalue weighted by Crippen LogP contribution is 2.38. The Labute approximate surface area is 190 Å². The van der Waals surface area contributed by atoms with E-state index in [1.807, 2.05) is 11.1 Å². The summed E-state index contributed by atoms with van der Waals surface area (Å²) in [6.45, 7) is 12.8. The summed E-state index contributed by atoms with van der Waals surface area (Å²) in [5.74, 6) is -1.90. The molecule has 0 radical (unpaired) electrons. The third kappa shape index (κ3) is 6.87. The molecule has 0 aromatic carbocycles. The van der Waals surface area contributed by atoms with Gasteiger partial charge in [-0.05, 0) is 38.7 Å². The molecule has 2 rings (SSSR count). The molecule has 1 amide bonds. The topological polar surface area (TPSA) is 105 Å². The summed E-state index contributed by atoms with van der Waals surface area (Å²) >= 11 is 0. The summed E-state index contributed by atoms with van der Waals surface area (Å²) in [6, 6.07) is 0. The number of aliphatic carboxylic acids is 1. The number of Topliss-reactive ketones (excluding diaryl/α,β-unsaturated/α-hetero) is 1. The number of amides is 1. The molecule has 32 heavy (non-hydrogen) atoms. The quantitative estimate of drug-likeness (QED) is 0.406. The first-order valence-corrected chi connectivity index (χ1v) is 11.2. The molecule has 0 saturated heterocycles. The van der Waals surface area contributed by atoms with Gasteiger partial charge < -0.3 is 24.8 Å². The average Bonchev–Trinajstić information content (AvgIpc) is 2.64. The van der Waals surface area contributed by atoms with E-state index in [1.165, 1.54) is 6.08 Å². The molecule has 178 valence electrons. The van der Waals surface area contributed by atoms with Crippen LogP contribution in [0.3, 0.4) is 0 Å². The molecule has 1 atom stereocenters. The van der Waals surface area contributed by atoms with Gasteiger partial charge in [0.05, 0.1) is 18.8 Å². The lowest BCUT2D eigenvalue weighted by Gasteiger charge is -2.36. The maximum Gasteiger partial charge on any atom is 0.407 e. The number of carboxylic acid groups (broad SMARTS) is 1. The van der Waals surface area contributed by atoms with E-state index in [-0.39, 0.29) is 18.7 Å². The van der Waals surface area contributed by atoms with Crippen LogP contribution in [-0.2, 0) is 19.1 Å². The van der Waals surface area contributed by atoms with Gasteiger partial charge in [0.25, 0.3) is 0 Å². The molecule has 0 bridgehead atoms. The van der Waals surface area contributed by atoms with Crippen molar-refractivity contribution >= 4 is 17.8 Å². The maximum atomic E-state index is 12.4. The van der Waals surface area contributed by atoms with Crippen LogP contribution in [-0.4, -0.2) is 53.1 Å². The molecular weight excluding hydrogens is 412 g/mol. The smallest absolute Gasteiger partial charge is 0.407 e. The molecule has 0 aromatic heterocycles. The first-order valence-electron chi connectivity index (χ1n) is 11.2. The fourth-order valence-electron chi connectivity index (χ4n) is 3.54. The lowest BCUT2D eigenvalue weighted by atomic mass is 9.83. The van der Waals surface area contributed by atoms with Gasteiger partial charge in [-0.25, -0.2) is 4.79 Å². The number of carboxylic acids is 1. The van der Waals surface area contributed by atoms with Crippen molar-refractivity contribution in [2.45, 2.75) is 66.4 Å². The first-order chi connectivity index (χ1) is 14.9. The number of carbonyl (C=O) groups is 3. The summed E-state index contributed by atoms with van der Waals surface area (Å²) in [7, 11) is 0. The number of rotatable bonds is 9. The van der Waals surface area contributed by atoms with Gasteiger partial charge in [-0.1, -0.05) is 33.3 Å². The van der Waals surface area contributed by atoms with E-state index in [0.29, 0.717) is 36.1 Å². The van der Waals surface area contributed by atoms with Crippen LogP contribution < -0.4 is 5.32 Å². The minimum atomic E-state index is -1.20. The zero-order valence-corrected chi connectivity index (χ0v) is 20.0. The van der Waals surface area contributed by atoms with Crippen LogP contribution in [0, 0.1) is 11.8 Å². The minimum absolute atomic E-state index is 0.0325. The van der Waals surface area contributed by atoms with Crippen molar-refractivity contribution in [3.05, 3.63) is 34.9 Å². The number of ketones is 1. The summed E-state index contributed by atoms with van der Waals surface area (Å²) in [4.78, 5) is 38.3. The number of ether oxygens (including phenoxy) is 2. The third-order valence-corrected chi connectivity index (χ3v) is 4.93. The largest absolute Gasteiger partial charge is 0.491 e. The zero-order chi connectivity index (χ0) is 24.1.